The van der Waals surface area contributed by atoms with E-state index in [4.69, 9.17) is 0 Å². The highest BCUT2D eigenvalue weighted by Gasteiger charge is 1.93. The van der Waals surface area contributed by atoms with Crippen molar-refractivity contribution in [1.82, 2.24) is 4.90 Å². The van der Waals surface area contributed by atoms with Gasteiger partial charge in [-0.05, 0) is 19.5 Å². The average Bonchev–Trinajstić information content (AvgIpc) is 1.83. The SMILES string of the molecule is CCN(CC)C[B]P. The zero-order chi connectivity index (χ0) is 6.41. The largest absolute Gasteiger partial charge is 0.311 e. The first-order valence-corrected chi connectivity index (χ1v) is 3.77. The van der Waals surface area contributed by atoms with Crippen molar-refractivity contribution >= 4 is 16.1 Å². The first kappa shape index (κ1) is 8.45. The van der Waals surface area contributed by atoms with Gasteiger partial charge in [0.2, 0.25) is 0 Å². The minimum atomic E-state index is 1.09. The van der Waals surface area contributed by atoms with E-state index >= 15 is 0 Å². The Hall–Kier alpha value is 0.455. The third kappa shape index (κ3) is 3.46. The Morgan fingerprint density at radius 3 is 2.00 bits per heavy atom. The molecule has 0 heterocycles. The standard InChI is InChI=1S/C5H14BNP/c1-3-7(4-2)5-6-8/h3-5,8H2,1-2H3. The molecule has 0 N–H and O–H groups in total. The minimum Gasteiger partial charge on any atom is -0.311 e. The third-order valence-electron chi connectivity index (χ3n) is 1.26. The van der Waals surface area contributed by atoms with Gasteiger partial charge in [0.05, 0.1) is 0 Å². The second-order valence-corrected chi connectivity index (χ2v) is 2.19. The molecule has 0 aliphatic heterocycles. The van der Waals surface area contributed by atoms with Crippen LogP contribution in [0, 0.1) is 0 Å². The number of nitrogens with zero attached hydrogens (tertiary/aromatic N) is 1. The molecule has 3 heteroatoms. The lowest BCUT2D eigenvalue weighted by atomic mass is 10.1. The van der Waals surface area contributed by atoms with E-state index in [0.29, 0.717) is 0 Å². The normalized spacial score (nSPS) is 10.0. The summed E-state index contributed by atoms with van der Waals surface area (Å²) in [4.78, 5) is 2.35. The van der Waals surface area contributed by atoms with Crippen LogP contribution in [0.15, 0.2) is 0 Å². The fourth-order valence-electron chi connectivity index (χ4n) is 0.631. The molecule has 0 aromatic carbocycles. The summed E-state index contributed by atoms with van der Waals surface area (Å²) >= 11 is 0. The van der Waals surface area contributed by atoms with Gasteiger partial charge < -0.3 is 4.90 Å². The Morgan fingerprint density at radius 1 is 1.38 bits per heavy atom. The van der Waals surface area contributed by atoms with Gasteiger partial charge in [0.1, 0.15) is 0 Å². The first-order chi connectivity index (χ1) is 3.85. The fraction of sp³-hybridized carbons (Fsp3) is 1.00. The molecule has 0 saturated carbocycles. The Bertz CT molecular complexity index is 47.7. The molecule has 0 amide bonds. The molecular formula is C5H14BNP. The molecule has 8 heavy (non-hydrogen) atoms. The zero-order valence-corrected chi connectivity index (χ0v) is 6.88. The van der Waals surface area contributed by atoms with Gasteiger partial charge in [0, 0.05) is 0 Å². The van der Waals surface area contributed by atoms with E-state index < -0.39 is 0 Å². The van der Waals surface area contributed by atoms with Crippen LogP contribution in [0.1, 0.15) is 13.8 Å². The van der Waals surface area contributed by atoms with Gasteiger partial charge in [-0.15, -0.1) is 0 Å². The monoisotopic (exact) mass is 130 g/mol. The molecule has 0 rings (SSSR count). The van der Waals surface area contributed by atoms with Crippen LogP contribution in [-0.4, -0.2) is 31.4 Å². The first-order valence-electron chi connectivity index (χ1n) is 3.10. The topological polar surface area (TPSA) is 3.24 Å². The van der Waals surface area contributed by atoms with Crippen LogP contribution in [0.25, 0.3) is 0 Å². The average molecular weight is 130 g/mol. The van der Waals surface area contributed by atoms with Crippen molar-refractivity contribution in [2.24, 2.45) is 0 Å². The van der Waals surface area contributed by atoms with Crippen LogP contribution < -0.4 is 0 Å². The van der Waals surface area contributed by atoms with E-state index in [0.717, 1.165) is 19.5 Å². The Balaban J connectivity index is 3.07. The van der Waals surface area contributed by atoms with Crippen molar-refractivity contribution in [2.45, 2.75) is 13.8 Å². The Labute approximate surface area is 55.2 Å². The van der Waals surface area contributed by atoms with E-state index in [1.165, 1.54) is 0 Å². The lowest BCUT2D eigenvalue weighted by molar-refractivity contribution is 0.354. The van der Waals surface area contributed by atoms with Crippen molar-refractivity contribution < 1.29 is 0 Å². The molecule has 1 unspecified atom stereocenters. The van der Waals surface area contributed by atoms with Crippen molar-refractivity contribution in [1.29, 1.82) is 0 Å². The quantitative estimate of drug-likeness (QED) is 0.401. The molecule has 1 atom stereocenters. The summed E-state index contributed by atoms with van der Waals surface area (Å²) in [5.74, 6) is 0. The van der Waals surface area contributed by atoms with Crippen LogP contribution in [0.3, 0.4) is 0 Å². The molecule has 0 bridgehead atoms. The van der Waals surface area contributed by atoms with E-state index in [-0.39, 0.29) is 0 Å². The lowest BCUT2D eigenvalue weighted by Gasteiger charge is -2.15. The Morgan fingerprint density at radius 2 is 1.88 bits per heavy atom. The maximum atomic E-state index is 2.62. The van der Waals surface area contributed by atoms with Crippen LogP contribution in [-0.2, 0) is 0 Å². The second-order valence-electron chi connectivity index (χ2n) is 1.72. The second kappa shape index (κ2) is 5.59. The number of rotatable bonds is 4. The summed E-state index contributed by atoms with van der Waals surface area (Å²) in [5, 5.41) is 0. The minimum absolute atomic E-state index is 1.09. The fourth-order valence-corrected chi connectivity index (χ4v) is 0.929. The van der Waals surface area contributed by atoms with E-state index in [2.05, 4.69) is 34.9 Å². The molecule has 0 aliphatic rings. The molecule has 0 aliphatic carbocycles. The molecule has 0 saturated heterocycles. The summed E-state index contributed by atoms with van der Waals surface area (Å²) in [7, 11) is 2.62. The van der Waals surface area contributed by atoms with Gasteiger partial charge >= 0.3 is 0 Å². The van der Waals surface area contributed by atoms with Gasteiger partial charge in [-0.3, -0.25) is 0 Å². The van der Waals surface area contributed by atoms with E-state index in [1.54, 1.807) is 0 Å². The molecule has 47 valence electrons. The summed E-state index contributed by atoms with van der Waals surface area (Å²) in [6.45, 7) is 8.77. The maximum Gasteiger partial charge on any atom is 0.156 e. The number of hydrogen-bond acceptors (Lipinski definition) is 1. The van der Waals surface area contributed by atoms with Crippen molar-refractivity contribution in [3.05, 3.63) is 0 Å². The van der Waals surface area contributed by atoms with Crippen LogP contribution in [0.4, 0.5) is 0 Å². The summed E-state index contributed by atoms with van der Waals surface area (Å²) < 4.78 is 0. The van der Waals surface area contributed by atoms with Gasteiger partial charge in [0.25, 0.3) is 0 Å². The molecule has 1 radical (unpaired) electrons. The highest BCUT2D eigenvalue weighted by molar-refractivity contribution is 7.55. The highest BCUT2D eigenvalue weighted by atomic mass is 31.0. The summed E-state index contributed by atoms with van der Waals surface area (Å²) in [5.41, 5.74) is 0. The molecule has 0 aromatic rings. The van der Waals surface area contributed by atoms with Gasteiger partial charge in [-0.1, -0.05) is 13.8 Å². The zero-order valence-electron chi connectivity index (χ0n) is 5.72. The third-order valence-corrected chi connectivity index (χ3v) is 1.47. The van der Waals surface area contributed by atoms with Crippen LogP contribution >= 0.6 is 9.12 Å². The smallest absolute Gasteiger partial charge is 0.156 e. The molecule has 0 spiro atoms. The van der Waals surface area contributed by atoms with Gasteiger partial charge in [-0.25, -0.2) is 0 Å². The van der Waals surface area contributed by atoms with Crippen molar-refractivity contribution in [3.63, 3.8) is 0 Å². The highest BCUT2D eigenvalue weighted by Crippen LogP contribution is 1.86. The summed E-state index contributed by atoms with van der Waals surface area (Å²) in [6, 6.07) is 0. The van der Waals surface area contributed by atoms with Gasteiger partial charge in [0.15, 0.2) is 7.00 Å². The van der Waals surface area contributed by atoms with E-state index in [9.17, 15) is 0 Å². The summed E-state index contributed by atoms with van der Waals surface area (Å²) in [6.07, 6.45) is 1.09. The van der Waals surface area contributed by atoms with Gasteiger partial charge in [-0.2, -0.15) is 9.12 Å². The van der Waals surface area contributed by atoms with Crippen LogP contribution in [0.5, 0.6) is 0 Å². The lowest BCUT2D eigenvalue weighted by Crippen LogP contribution is -2.25. The Kier molecular flexibility index (Phi) is 5.91. The van der Waals surface area contributed by atoms with E-state index in [1.807, 2.05) is 0 Å². The predicted octanol–water partition coefficient (Wildman–Crippen LogP) is 0.780. The van der Waals surface area contributed by atoms with Crippen molar-refractivity contribution in [3.8, 4) is 0 Å². The molecule has 1 nitrogen and oxygen atoms in total. The molecule has 0 aromatic heterocycles. The predicted molar refractivity (Wildman–Crippen MR) is 43.3 cm³/mol. The van der Waals surface area contributed by atoms with Crippen molar-refractivity contribution in [2.75, 3.05) is 19.5 Å². The maximum absolute atomic E-state index is 2.62. The molecular weight excluding hydrogens is 116 g/mol. The number of hydrogen-bond donors (Lipinski definition) is 0. The van der Waals surface area contributed by atoms with Crippen LogP contribution in [0.2, 0.25) is 0 Å². The molecule has 0 fully saturated rings.